The molecule has 0 bridgehead atoms. The molecule has 3 fully saturated rings. The number of benzene rings is 2. The molecule has 0 saturated carbocycles. The Bertz CT molecular complexity index is 1170. The minimum Gasteiger partial charge on any atom is -0.502 e. The van der Waals surface area contributed by atoms with Crippen LogP contribution in [0.4, 0.5) is 0 Å². The van der Waals surface area contributed by atoms with Gasteiger partial charge in [-0.05, 0) is 35.4 Å². The monoisotopic (exact) mass is 580 g/mol. The van der Waals surface area contributed by atoms with Crippen LogP contribution in [-0.4, -0.2) is 104 Å². The Hall–Kier alpha value is -3.04. The predicted molar refractivity (Wildman–Crippen MR) is 140 cm³/mol. The van der Waals surface area contributed by atoms with Crippen LogP contribution in [0.1, 0.15) is 23.3 Å². The third kappa shape index (κ3) is 5.23. The maximum Gasteiger partial charge on any atom is 0.229 e. The van der Waals surface area contributed by atoms with Crippen molar-refractivity contribution in [3.63, 3.8) is 0 Å². The number of fused-ring (bicyclic) bond motifs is 1. The lowest BCUT2D eigenvalue weighted by atomic mass is 9.84. The molecule has 226 valence electrons. The van der Waals surface area contributed by atoms with E-state index in [-0.39, 0.29) is 58.5 Å². The van der Waals surface area contributed by atoms with Gasteiger partial charge in [-0.1, -0.05) is 0 Å². The van der Waals surface area contributed by atoms with Gasteiger partial charge >= 0.3 is 0 Å². The molecule has 3 saturated heterocycles. The first-order valence-corrected chi connectivity index (χ1v) is 13.2. The fraction of sp³-hybridized carbons (Fsp3) is 0.571. The Morgan fingerprint density at radius 3 is 1.61 bits per heavy atom. The van der Waals surface area contributed by atoms with Crippen molar-refractivity contribution >= 4 is 0 Å². The van der Waals surface area contributed by atoms with Crippen LogP contribution < -0.4 is 23.7 Å². The molecular formula is C28H36O13. The number of aliphatic hydroxyl groups excluding tert-OH is 4. The van der Waals surface area contributed by atoms with E-state index in [1.807, 2.05) is 0 Å². The largest absolute Gasteiger partial charge is 0.502 e. The standard InChI is InChI=1S/C28H36O13/c1-34-16-5-12(6-17(35-2)21(16)30)25-14-10-39-26(15(14)11-38-25)13-7-18(36-3)27(19(8-13)37-4)41-28-24(33)23(32)22(31)20(9-29)40-28/h5-8,14-15,20,22-26,28-33H,9-11H2,1-4H3/t14-,15+,20-,22+,23-,24-,25+,26+,28+/m1/s1. The lowest BCUT2D eigenvalue weighted by Crippen LogP contribution is -2.60. The summed E-state index contributed by atoms with van der Waals surface area (Å²) >= 11 is 0. The maximum atomic E-state index is 10.5. The summed E-state index contributed by atoms with van der Waals surface area (Å²) in [6.45, 7) is 0.241. The number of hydrogen-bond donors (Lipinski definition) is 5. The van der Waals surface area contributed by atoms with Gasteiger partial charge in [0, 0.05) is 11.8 Å². The molecule has 0 spiro atoms. The maximum absolute atomic E-state index is 10.5. The van der Waals surface area contributed by atoms with Crippen molar-refractivity contribution in [1.82, 2.24) is 0 Å². The van der Waals surface area contributed by atoms with Crippen molar-refractivity contribution in [3.05, 3.63) is 35.4 Å². The summed E-state index contributed by atoms with van der Waals surface area (Å²) < 4.78 is 45.7. The summed E-state index contributed by atoms with van der Waals surface area (Å²) in [5.74, 6) is 1.08. The van der Waals surface area contributed by atoms with Gasteiger partial charge in [0.1, 0.15) is 24.4 Å². The number of phenols is 1. The normalized spacial score (nSPS) is 32.8. The quantitative estimate of drug-likeness (QED) is 0.280. The van der Waals surface area contributed by atoms with Crippen LogP contribution >= 0.6 is 0 Å². The number of ether oxygens (including phenoxy) is 8. The van der Waals surface area contributed by atoms with E-state index in [0.29, 0.717) is 13.2 Å². The molecule has 0 aromatic heterocycles. The van der Waals surface area contributed by atoms with Crippen molar-refractivity contribution in [2.75, 3.05) is 48.3 Å². The first kappa shape index (κ1) is 29.5. The van der Waals surface area contributed by atoms with Crippen molar-refractivity contribution < 1.29 is 63.4 Å². The van der Waals surface area contributed by atoms with Crippen molar-refractivity contribution in [3.8, 4) is 34.5 Å². The molecule has 0 radical (unpaired) electrons. The van der Waals surface area contributed by atoms with E-state index in [1.54, 1.807) is 24.3 Å². The molecule has 0 amide bonds. The zero-order valence-corrected chi connectivity index (χ0v) is 23.1. The summed E-state index contributed by atoms with van der Waals surface area (Å²) in [4.78, 5) is 0. The van der Waals surface area contributed by atoms with Gasteiger partial charge in [0.2, 0.25) is 17.8 Å². The molecule has 13 heteroatoms. The van der Waals surface area contributed by atoms with Gasteiger partial charge in [0.05, 0.1) is 60.5 Å². The van der Waals surface area contributed by atoms with Gasteiger partial charge in [0.25, 0.3) is 0 Å². The highest BCUT2D eigenvalue weighted by Crippen LogP contribution is 2.53. The van der Waals surface area contributed by atoms with Gasteiger partial charge in [-0.3, -0.25) is 0 Å². The molecule has 3 heterocycles. The van der Waals surface area contributed by atoms with Gasteiger partial charge in [-0.25, -0.2) is 0 Å². The SMILES string of the molecule is COc1cc([C@@H]2OC[C@H]3[C@H]2CO[C@H]3c2cc(OC)c(O[C@@H]3O[C@H](CO)[C@H](O)[C@@H](O)[C@H]3O)c(OC)c2)cc(OC)c1O. The molecule has 0 aliphatic carbocycles. The molecule has 13 nitrogen and oxygen atoms in total. The number of methoxy groups -OCH3 is 4. The average molecular weight is 581 g/mol. The topological polar surface area (TPSA) is 175 Å². The molecule has 5 N–H and O–H groups in total. The van der Waals surface area contributed by atoms with Crippen LogP contribution in [0.25, 0.3) is 0 Å². The second kappa shape index (κ2) is 12.1. The van der Waals surface area contributed by atoms with E-state index >= 15 is 0 Å². The second-order valence-corrected chi connectivity index (χ2v) is 10.2. The number of hydrogen-bond acceptors (Lipinski definition) is 13. The van der Waals surface area contributed by atoms with Crippen LogP contribution in [0.5, 0.6) is 34.5 Å². The average Bonchev–Trinajstić information content (AvgIpc) is 3.60. The van der Waals surface area contributed by atoms with Crippen molar-refractivity contribution in [1.29, 1.82) is 0 Å². The minimum absolute atomic E-state index is 0.000914. The molecule has 2 aromatic rings. The van der Waals surface area contributed by atoms with E-state index in [1.165, 1.54) is 28.4 Å². The molecule has 9 atom stereocenters. The number of aliphatic hydroxyl groups is 4. The Morgan fingerprint density at radius 2 is 1.17 bits per heavy atom. The van der Waals surface area contributed by atoms with Crippen LogP contribution in [0, 0.1) is 11.8 Å². The zero-order valence-electron chi connectivity index (χ0n) is 23.1. The predicted octanol–water partition coefficient (Wildman–Crippen LogP) is 0.680. The van der Waals surface area contributed by atoms with E-state index < -0.39 is 37.3 Å². The van der Waals surface area contributed by atoms with Crippen LogP contribution in [0.15, 0.2) is 24.3 Å². The second-order valence-electron chi connectivity index (χ2n) is 10.2. The van der Waals surface area contributed by atoms with Crippen molar-refractivity contribution in [2.24, 2.45) is 11.8 Å². The Morgan fingerprint density at radius 1 is 0.707 bits per heavy atom. The van der Waals surface area contributed by atoms with Gasteiger partial charge in [-0.15, -0.1) is 0 Å². The lowest BCUT2D eigenvalue weighted by Gasteiger charge is -2.39. The highest BCUT2D eigenvalue weighted by molar-refractivity contribution is 5.55. The van der Waals surface area contributed by atoms with E-state index in [4.69, 9.17) is 37.9 Å². The van der Waals surface area contributed by atoms with Gasteiger partial charge in [0.15, 0.2) is 23.0 Å². The lowest BCUT2D eigenvalue weighted by molar-refractivity contribution is -0.277. The fourth-order valence-electron chi connectivity index (χ4n) is 5.77. The first-order valence-electron chi connectivity index (χ1n) is 13.2. The Kier molecular flexibility index (Phi) is 8.66. The third-order valence-electron chi connectivity index (χ3n) is 7.99. The summed E-state index contributed by atoms with van der Waals surface area (Å²) in [6, 6.07) is 6.93. The smallest absolute Gasteiger partial charge is 0.229 e. The molecule has 3 aliphatic rings. The Balaban J connectivity index is 1.40. The summed E-state index contributed by atoms with van der Waals surface area (Å²) in [6.07, 6.45) is -7.96. The fourth-order valence-corrected chi connectivity index (χ4v) is 5.77. The van der Waals surface area contributed by atoms with Gasteiger partial charge < -0.3 is 63.4 Å². The third-order valence-corrected chi connectivity index (χ3v) is 7.99. The van der Waals surface area contributed by atoms with Crippen LogP contribution in [0.3, 0.4) is 0 Å². The van der Waals surface area contributed by atoms with Crippen molar-refractivity contribution in [2.45, 2.75) is 42.9 Å². The van der Waals surface area contributed by atoms with E-state index in [2.05, 4.69) is 0 Å². The minimum atomic E-state index is -1.61. The van der Waals surface area contributed by atoms with E-state index in [9.17, 15) is 25.5 Å². The molecule has 5 rings (SSSR count). The first-order chi connectivity index (χ1) is 19.8. The van der Waals surface area contributed by atoms with Gasteiger partial charge in [-0.2, -0.15) is 0 Å². The summed E-state index contributed by atoms with van der Waals surface area (Å²) in [7, 11) is 5.82. The summed E-state index contributed by atoms with van der Waals surface area (Å²) in [5.41, 5.74) is 1.55. The molecular weight excluding hydrogens is 544 g/mol. The highest BCUT2D eigenvalue weighted by Gasteiger charge is 2.49. The molecule has 0 unspecified atom stereocenters. The van der Waals surface area contributed by atoms with Crippen LogP contribution in [0.2, 0.25) is 0 Å². The zero-order chi connectivity index (χ0) is 29.4. The number of rotatable bonds is 9. The Labute approximate surface area is 236 Å². The van der Waals surface area contributed by atoms with E-state index in [0.717, 1.165) is 11.1 Å². The summed E-state index contributed by atoms with van der Waals surface area (Å²) in [5, 5.41) is 50.5. The molecule has 41 heavy (non-hydrogen) atoms. The highest BCUT2D eigenvalue weighted by atomic mass is 16.7. The molecule has 3 aliphatic heterocycles. The number of phenolic OH excluding ortho intramolecular Hbond substituents is 1. The number of aromatic hydroxyl groups is 1. The van der Waals surface area contributed by atoms with Crippen LogP contribution in [-0.2, 0) is 14.2 Å². The molecule has 2 aromatic carbocycles.